The smallest absolute Gasteiger partial charge is 0.0596 e. The molecular formula is C18H34O. The van der Waals surface area contributed by atoms with Gasteiger partial charge in [0.1, 0.15) is 0 Å². The number of aliphatic hydroxyl groups excluding tert-OH is 1. The lowest BCUT2D eigenvalue weighted by atomic mass is 9.66. The number of hydrogen-bond donors (Lipinski definition) is 1. The molecule has 2 fully saturated rings. The predicted octanol–water partition coefficient (Wildman–Crippen LogP) is 5.03. The van der Waals surface area contributed by atoms with Gasteiger partial charge in [0.15, 0.2) is 0 Å². The third-order valence-electron chi connectivity index (χ3n) is 5.94. The fraction of sp³-hybridized carbons (Fsp3) is 1.00. The van der Waals surface area contributed by atoms with E-state index in [2.05, 4.69) is 27.7 Å². The van der Waals surface area contributed by atoms with Crippen molar-refractivity contribution in [2.75, 3.05) is 0 Å². The second kappa shape index (κ2) is 6.16. The monoisotopic (exact) mass is 266 g/mol. The first-order chi connectivity index (χ1) is 8.88. The molecule has 2 aliphatic rings. The molecule has 1 nitrogen and oxygen atoms in total. The van der Waals surface area contributed by atoms with E-state index in [1.54, 1.807) is 0 Å². The van der Waals surface area contributed by atoms with Crippen LogP contribution in [0.25, 0.3) is 0 Å². The zero-order chi connectivity index (χ0) is 14.0. The van der Waals surface area contributed by atoms with Crippen molar-refractivity contribution in [3.05, 3.63) is 0 Å². The van der Waals surface area contributed by atoms with Crippen molar-refractivity contribution in [1.82, 2.24) is 0 Å². The summed E-state index contributed by atoms with van der Waals surface area (Å²) >= 11 is 0. The maximum atomic E-state index is 10.7. The molecule has 1 N–H and O–H groups in total. The van der Waals surface area contributed by atoms with Gasteiger partial charge in [0.2, 0.25) is 0 Å². The summed E-state index contributed by atoms with van der Waals surface area (Å²) in [7, 11) is 0. The molecule has 0 saturated heterocycles. The molecule has 0 aromatic rings. The van der Waals surface area contributed by atoms with Crippen LogP contribution in [0.5, 0.6) is 0 Å². The highest BCUT2D eigenvalue weighted by Crippen LogP contribution is 2.43. The Morgan fingerprint density at radius 1 is 0.895 bits per heavy atom. The normalized spacial score (nSPS) is 39.0. The zero-order valence-electron chi connectivity index (χ0n) is 13.5. The summed E-state index contributed by atoms with van der Waals surface area (Å²) in [5.74, 6) is 2.88. The van der Waals surface area contributed by atoms with Gasteiger partial charge in [-0.25, -0.2) is 0 Å². The van der Waals surface area contributed by atoms with Gasteiger partial charge in [-0.05, 0) is 67.6 Å². The number of hydrogen-bond acceptors (Lipinski definition) is 1. The van der Waals surface area contributed by atoms with Gasteiger partial charge >= 0.3 is 0 Å². The van der Waals surface area contributed by atoms with E-state index in [1.165, 1.54) is 51.4 Å². The Morgan fingerprint density at radius 2 is 1.53 bits per heavy atom. The maximum Gasteiger partial charge on any atom is 0.0596 e. The Labute approximate surface area is 120 Å². The quantitative estimate of drug-likeness (QED) is 0.743. The second-order valence-corrected chi connectivity index (χ2v) is 8.50. The van der Waals surface area contributed by atoms with Gasteiger partial charge < -0.3 is 5.11 Å². The van der Waals surface area contributed by atoms with Crippen molar-refractivity contribution in [3.63, 3.8) is 0 Å². The Hall–Kier alpha value is -0.0400. The van der Waals surface area contributed by atoms with Gasteiger partial charge in [0, 0.05) is 0 Å². The van der Waals surface area contributed by atoms with Gasteiger partial charge in [-0.3, -0.25) is 0 Å². The Bertz CT molecular complexity index is 270. The van der Waals surface area contributed by atoms with Crippen LogP contribution in [0, 0.1) is 29.1 Å². The van der Waals surface area contributed by atoms with Gasteiger partial charge in [-0.1, -0.05) is 40.5 Å². The van der Waals surface area contributed by atoms with Crippen molar-refractivity contribution >= 4 is 0 Å². The Kier molecular flexibility index (Phi) is 4.98. The lowest BCUT2D eigenvalue weighted by molar-refractivity contribution is -0.00372. The first-order valence-corrected chi connectivity index (χ1v) is 8.56. The molecule has 0 aromatic heterocycles. The molecule has 112 valence electrons. The largest absolute Gasteiger partial charge is 0.393 e. The van der Waals surface area contributed by atoms with E-state index in [9.17, 15) is 5.11 Å². The minimum Gasteiger partial charge on any atom is -0.393 e. The molecule has 0 heterocycles. The van der Waals surface area contributed by atoms with Crippen LogP contribution in [-0.2, 0) is 0 Å². The summed E-state index contributed by atoms with van der Waals surface area (Å²) in [5.41, 5.74) is 0.454. The van der Waals surface area contributed by atoms with Gasteiger partial charge in [-0.2, -0.15) is 0 Å². The summed E-state index contributed by atoms with van der Waals surface area (Å²) in [6, 6.07) is 0. The van der Waals surface area contributed by atoms with Crippen LogP contribution in [-0.4, -0.2) is 11.2 Å². The van der Waals surface area contributed by atoms with Crippen LogP contribution in [0.15, 0.2) is 0 Å². The third kappa shape index (κ3) is 3.97. The van der Waals surface area contributed by atoms with Gasteiger partial charge in [-0.15, -0.1) is 0 Å². The number of aliphatic hydroxyl groups is 1. The molecule has 3 atom stereocenters. The van der Waals surface area contributed by atoms with Crippen molar-refractivity contribution in [2.45, 2.75) is 85.2 Å². The van der Waals surface area contributed by atoms with Crippen LogP contribution >= 0.6 is 0 Å². The van der Waals surface area contributed by atoms with E-state index in [1.807, 2.05) is 0 Å². The summed E-state index contributed by atoms with van der Waals surface area (Å²) in [4.78, 5) is 0. The molecule has 2 saturated carbocycles. The molecule has 2 rings (SSSR count). The molecule has 0 radical (unpaired) electrons. The van der Waals surface area contributed by atoms with Crippen LogP contribution < -0.4 is 0 Å². The minimum absolute atomic E-state index is 0.0105. The van der Waals surface area contributed by atoms with E-state index in [4.69, 9.17) is 0 Å². The summed E-state index contributed by atoms with van der Waals surface area (Å²) in [6.07, 6.45) is 10.4. The van der Waals surface area contributed by atoms with Gasteiger partial charge in [0.05, 0.1) is 6.10 Å². The van der Waals surface area contributed by atoms with E-state index < -0.39 is 0 Å². The highest BCUT2D eigenvalue weighted by Gasteiger charge is 2.36. The van der Waals surface area contributed by atoms with Crippen molar-refractivity contribution in [1.29, 1.82) is 0 Å². The highest BCUT2D eigenvalue weighted by atomic mass is 16.3. The molecule has 1 heteroatoms. The van der Waals surface area contributed by atoms with E-state index >= 15 is 0 Å². The van der Waals surface area contributed by atoms with Crippen molar-refractivity contribution in [3.8, 4) is 0 Å². The van der Waals surface area contributed by atoms with Crippen molar-refractivity contribution < 1.29 is 5.11 Å². The lowest BCUT2D eigenvalue weighted by Gasteiger charge is -2.41. The molecule has 19 heavy (non-hydrogen) atoms. The molecule has 0 amide bonds. The van der Waals surface area contributed by atoms with Crippen LogP contribution in [0.1, 0.15) is 79.1 Å². The van der Waals surface area contributed by atoms with Crippen LogP contribution in [0.2, 0.25) is 0 Å². The molecule has 0 aromatic carbocycles. The SMILES string of the molecule is CC1CCCC(C(O)C2CCC(C(C)(C)C)CC2)C1. The standard InChI is InChI=1S/C18H34O/c1-13-6-5-7-15(12-13)17(19)14-8-10-16(11-9-14)18(2,3)4/h13-17,19H,5-12H2,1-4H3. The van der Waals surface area contributed by atoms with Crippen LogP contribution in [0.4, 0.5) is 0 Å². The average molecular weight is 266 g/mol. The van der Waals surface area contributed by atoms with E-state index in [-0.39, 0.29) is 6.10 Å². The molecular weight excluding hydrogens is 232 g/mol. The summed E-state index contributed by atoms with van der Waals surface area (Å²) in [5, 5.41) is 10.7. The maximum absolute atomic E-state index is 10.7. The van der Waals surface area contributed by atoms with E-state index in [0.29, 0.717) is 17.3 Å². The fourth-order valence-electron chi connectivity index (χ4n) is 4.50. The molecule has 3 unspecified atom stereocenters. The molecule has 0 spiro atoms. The van der Waals surface area contributed by atoms with Crippen LogP contribution in [0.3, 0.4) is 0 Å². The minimum atomic E-state index is -0.0105. The number of rotatable bonds is 2. The third-order valence-corrected chi connectivity index (χ3v) is 5.94. The van der Waals surface area contributed by atoms with Crippen molar-refractivity contribution in [2.24, 2.45) is 29.1 Å². The fourth-order valence-corrected chi connectivity index (χ4v) is 4.50. The molecule has 0 aliphatic heterocycles. The first-order valence-electron chi connectivity index (χ1n) is 8.56. The topological polar surface area (TPSA) is 20.2 Å². The first kappa shape index (κ1) is 15.4. The predicted molar refractivity (Wildman–Crippen MR) is 82.0 cm³/mol. The average Bonchev–Trinajstić information content (AvgIpc) is 2.37. The Balaban J connectivity index is 1.83. The Morgan fingerprint density at radius 3 is 2.05 bits per heavy atom. The molecule has 2 aliphatic carbocycles. The second-order valence-electron chi connectivity index (χ2n) is 8.50. The van der Waals surface area contributed by atoms with E-state index in [0.717, 1.165) is 11.8 Å². The molecule has 0 bridgehead atoms. The van der Waals surface area contributed by atoms with Gasteiger partial charge in [0.25, 0.3) is 0 Å². The highest BCUT2D eigenvalue weighted by molar-refractivity contribution is 4.87. The lowest BCUT2D eigenvalue weighted by Crippen LogP contribution is -2.36. The summed E-state index contributed by atoms with van der Waals surface area (Å²) < 4.78 is 0. The zero-order valence-corrected chi connectivity index (χ0v) is 13.5. The summed E-state index contributed by atoms with van der Waals surface area (Å²) in [6.45, 7) is 9.47.